The highest BCUT2D eigenvalue weighted by atomic mass is 35.5. The highest BCUT2D eigenvalue weighted by Crippen LogP contribution is 2.54. The number of rotatable bonds is 3. The van der Waals surface area contributed by atoms with Crippen LogP contribution < -0.4 is 5.73 Å². The molecule has 0 spiro atoms. The molecule has 0 heterocycles. The van der Waals surface area contributed by atoms with Gasteiger partial charge in [-0.25, -0.2) is 0 Å². The summed E-state index contributed by atoms with van der Waals surface area (Å²) in [5.41, 5.74) is 8.71. The van der Waals surface area contributed by atoms with Gasteiger partial charge < -0.3 is 5.73 Å². The van der Waals surface area contributed by atoms with Gasteiger partial charge in [0, 0.05) is 17.8 Å². The maximum atomic E-state index is 5.90. The van der Waals surface area contributed by atoms with E-state index in [2.05, 4.69) is 31.2 Å². The van der Waals surface area contributed by atoms with Crippen molar-refractivity contribution in [1.29, 1.82) is 0 Å². The molecule has 0 unspecified atom stereocenters. The van der Waals surface area contributed by atoms with E-state index in [-0.39, 0.29) is 5.41 Å². The molecular formula is C12H16ClN. The molecule has 1 saturated carbocycles. The Kier molecular flexibility index (Phi) is 2.54. The molecule has 76 valence electrons. The van der Waals surface area contributed by atoms with Gasteiger partial charge in [0.25, 0.3) is 0 Å². The van der Waals surface area contributed by atoms with Crippen LogP contribution in [0.15, 0.2) is 24.3 Å². The Bertz CT molecular complexity index is 337. The number of halogens is 1. The Morgan fingerprint density at radius 3 is 2.86 bits per heavy atom. The minimum Gasteiger partial charge on any atom is -0.330 e. The van der Waals surface area contributed by atoms with Gasteiger partial charge in [-0.15, -0.1) is 11.6 Å². The second-order valence-electron chi connectivity index (χ2n) is 4.29. The van der Waals surface area contributed by atoms with Crippen molar-refractivity contribution in [2.45, 2.75) is 18.8 Å². The molecule has 0 bridgehead atoms. The summed E-state index contributed by atoms with van der Waals surface area (Å²) in [6.07, 6.45) is 1.15. The lowest BCUT2D eigenvalue weighted by atomic mass is 9.92. The van der Waals surface area contributed by atoms with Gasteiger partial charge >= 0.3 is 0 Å². The van der Waals surface area contributed by atoms with Gasteiger partial charge in [0.15, 0.2) is 0 Å². The van der Waals surface area contributed by atoms with E-state index < -0.39 is 0 Å². The summed E-state index contributed by atoms with van der Waals surface area (Å²) in [5.74, 6) is 1.31. The van der Waals surface area contributed by atoms with Crippen LogP contribution in [0.25, 0.3) is 0 Å². The summed E-state index contributed by atoms with van der Waals surface area (Å²) in [6, 6.07) is 8.63. The van der Waals surface area contributed by atoms with E-state index in [1.165, 1.54) is 11.1 Å². The first-order chi connectivity index (χ1) is 6.73. The van der Waals surface area contributed by atoms with E-state index in [0.717, 1.165) is 12.3 Å². The normalized spacial score (nSPS) is 30.4. The van der Waals surface area contributed by atoms with E-state index in [4.69, 9.17) is 17.3 Å². The first kappa shape index (κ1) is 10.0. The Morgan fingerprint density at radius 2 is 2.36 bits per heavy atom. The Balaban J connectivity index is 2.30. The molecule has 1 aromatic rings. The fourth-order valence-corrected chi connectivity index (χ4v) is 2.66. The largest absolute Gasteiger partial charge is 0.330 e. The van der Waals surface area contributed by atoms with Crippen LogP contribution in [0.1, 0.15) is 17.5 Å². The molecule has 0 saturated heterocycles. The van der Waals surface area contributed by atoms with E-state index in [0.29, 0.717) is 12.5 Å². The third-order valence-electron chi connectivity index (χ3n) is 3.38. The van der Waals surface area contributed by atoms with E-state index in [1.807, 2.05) is 0 Å². The number of hydrogen-bond acceptors (Lipinski definition) is 1. The van der Waals surface area contributed by atoms with Crippen LogP contribution in [0.3, 0.4) is 0 Å². The second kappa shape index (κ2) is 3.56. The van der Waals surface area contributed by atoms with Crippen molar-refractivity contribution in [2.75, 3.05) is 12.4 Å². The van der Waals surface area contributed by atoms with Crippen molar-refractivity contribution < 1.29 is 0 Å². The molecule has 2 heteroatoms. The first-order valence-corrected chi connectivity index (χ1v) is 5.59. The van der Waals surface area contributed by atoms with Crippen molar-refractivity contribution in [3.8, 4) is 0 Å². The van der Waals surface area contributed by atoms with Crippen LogP contribution in [-0.4, -0.2) is 12.4 Å². The first-order valence-electron chi connectivity index (χ1n) is 5.06. The van der Waals surface area contributed by atoms with Gasteiger partial charge in [-0.3, -0.25) is 0 Å². The Labute approximate surface area is 90.3 Å². The number of nitrogens with two attached hydrogens (primary N) is 1. The zero-order chi connectivity index (χ0) is 10.2. The SMILES string of the molecule is Cc1cccc([C@]2(CN)C[C@@H]2CCl)c1. The average molecular weight is 210 g/mol. The summed E-state index contributed by atoms with van der Waals surface area (Å²) >= 11 is 5.90. The third kappa shape index (κ3) is 1.45. The average Bonchev–Trinajstić information content (AvgIpc) is 2.93. The van der Waals surface area contributed by atoms with Gasteiger partial charge in [-0.2, -0.15) is 0 Å². The maximum Gasteiger partial charge on any atom is 0.0261 e. The number of hydrogen-bond donors (Lipinski definition) is 1. The van der Waals surface area contributed by atoms with Crippen LogP contribution in [-0.2, 0) is 5.41 Å². The minimum absolute atomic E-state index is 0.188. The molecule has 1 fully saturated rings. The minimum atomic E-state index is 0.188. The molecule has 1 aliphatic carbocycles. The van der Waals surface area contributed by atoms with Gasteiger partial charge in [0.2, 0.25) is 0 Å². The predicted molar refractivity (Wildman–Crippen MR) is 60.7 cm³/mol. The van der Waals surface area contributed by atoms with Crippen LogP contribution in [0.2, 0.25) is 0 Å². The Hall–Kier alpha value is -0.530. The standard InChI is InChI=1S/C12H16ClN/c1-9-3-2-4-10(5-9)12(8-14)6-11(12)7-13/h2-5,11H,6-8,14H2,1H3/t11-,12-/m1/s1. The summed E-state index contributed by atoms with van der Waals surface area (Å²) < 4.78 is 0. The van der Waals surface area contributed by atoms with E-state index in [1.54, 1.807) is 0 Å². The van der Waals surface area contributed by atoms with Crippen molar-refractivity contribution in [3.63, 3.8) is 0 Å². The summed E-state index contributed by atoms with van der Waals surface area (Å²) in [5, 5.41) is 0. The molecular weight excluding hydrogens is 194 g/mol. The van der Waals surface area contributed by atoms with Gasteiger partial charge in [0.05, 0.1) is 0 Å². The highest BCUT2D eigenvalue weighted by Gasteiger charge is 2.53. The molecule has 1 aromatic carbocycles. The fourth-order valence-electron chi connectivity index (χ4n) is 2.26. The summed E-state index contributed by atoms with van der Waals surface area (Å²) in [6.45, 7) is 2.83. The van der Waals surface area contributed by atoms with Crippen LogP contribution >= 0.6 is 11.6 Å². The summed E-state index contributed by atoms with van der Waals surface area (Å²) in [7, 11) is 0. The number of aryl methyl sites for hydroxylation is 1. The van der Waals surface area contributed by atoms with E-state index >= 15 is 0 Å². The Morgan fingerprint density at radius 1 is 1.57 bits per heavy atom. The molecule has 0 aliphatic heterocycles. The molecule has 0 radical (unpaired) electrons. The van der Waals surface area contributed by atoms with Crippen molar-refractivity contribution >= 4 is 11.6 Å². The van der Waals surface area contributed by atoms with E-state index in [9.17, 15) is 0 Å². The van der Waals surface area contributed by atoms with Gasteiger partial charge in [-0.05, 0) is 24.8 Å². The molecule has 2 atom stereocenters. The lowest BCUT2D eigenvalue weighted by Gasteiger charge is -2.15. The molecule has 1 nitrogen and oxygen atoms in total. The van der Waals surface area contributed by atoms with Crippen LogP contribution in [0.4, 0.5) is 0 Å². The van der Waals surface area contributed by atoms with Crippen molar-refractivity contribution in [3.05, 3.63) is 35.4 Å². The van der Waals surface area contributed by atoms with Gasteiger partial charge in [0.1, 0.15) is 0 Å². The lowest BCUT2D eigenvalue weighted by molar-refractivity contribution is 0.644. The zero-order valence-electron chi connectivity index (χ0n) is 8.46. The van der Waals surface area contributed by atoms with Crippen molar-refractivity contribution in [1.82, 2.24) is 0 Å². The fraction of sp³-hybridized carbons (Fsp3) is 0.500. The predicted octanol–water partition coefficient (Wildman–Crippen LogP) is 2.45. The molecule has 2 N–H and O–H groups in total. The second-order valence-corrected chi connectivity index (χ2v) is 4.59. The monoisotopic (exact) mass is 209 g/mol. The maximum absolute atomic E-state index is 5.90. The molecule has 2 rings (SSSR count). The number of alkyl halides is 1. The lowest BCUT2D eigenvalue weighted by Crippen LogP contribution is -2.23. The molecule has 14 heavy (non-hydrogen) atoms. The topological polar surface area (TPSA) is 26.0 Å². The zero-order valence-corrected chi connectivity index (χ0v) is 9.22. The van der Waals surface area contributed by atoms with Gasteiger partial charge in [-0.1, -0.05) is 29.8 Å². The quantitative estimate of drug-likeness (QED) is 0.761. The molecule has 0 amide bonds. The summed E-state index contributed by atoms with van der Waals surface area (Å²) in [4.78, 5) is 0. The number of benzene rings is 1. The van der Waals surface area contributed by atoms with Crippen molar-refractivity contribution in [2.24, 2.45) is 11.7 Å². The highest BCUT2D eigenvalue weighted by molar-refractivity contribution is 6.18. The smallest absolute Gasteiger partial charge is 0.0261 e. The molecule has 1 aliphatic rings. The van der Waals surface area contributed by atoms with Crippen LogP contribution in [0.5, 0.6) is 0 Å². The molecule has 0 aromatic heterocycles. The third-order valence-corrected chi connectivity index (χ3v) is 3.75. The van der Waals surface area contributed by atoms with Crippen LogP contribution in [0, 0.1) is 12.8 Å².